The first-order chi connectivity index (χ1) is 18.6. The van der Waals surface area contributed by atoms with E-state index in [1.54, 1.807) is 12.4 Å². The lowest BCUT2D eigenvalue weighted by Crippen LogP contribution is -2.28. The van der Waals surface area contributed by atoms with Crippen molar-refractivity contribution in [1.82, 2.24) is 9.97 Å². The Balaban J connectivity index is 1.70. The molecule has 1 N–H and O–H groups in total. The highest BCUT2D eigenvalue weighted by molar-refractivity contribution is 5.86. The zero-order valence-corrected chi connectivity index (χ0v) is 23.1. The Morgan fingerprint density at radius 2 is 1.59 bits per heavy atom. The Morgan fingerprint density at radius 1 is 0.949 bits per heavy atom. The number of hydrogen-bond acceptors (Lipinski definition) is 5. The van der Waals surface area contributed by atoms with Crippen LogP contribution in [0.15, 0.2) is 67.0 Å². The largest absolute Gasteiger partial charge is 0.493 e. The highest BCUT2D eigenvalue weighted by Crippen LogP contribution is 2.42. The van der Waals surface area contributed by atoms with Gasteiger partial charge in [-0.05, 0) is 105 Å². The van der Waals surface area contributed by atoms with Crippen molar-refractivity contribution >= 4 is 5.97 Å². The molecule has 0 spiro atoms. The highest BCUT2D eigenvalue weighted by atomic mass is 16.5. The van der Waals surface area contributed by atoms with Gasteiger partial charge in [0.15, 0.2) is 6.10 Å². The second-order valence-corrected chi connectivity index (χ2v) is 11.0. The van der Waals surface area contributed by atoms with Crippen LogP contribution in [0.5, 0.6) is 5.75 Å². The van der Waals surface area contributed by atoms with E-state index in [1.165, 1.54) is 0 Å². The molecule has 0 amide bonds. The van der Waals surface area contributed by atoms with Crippen LogP contribution in [0.4, 0.5) is 0 Å². The number of ether oxygens (including phenoxy) is 2. The molecule has 39 heavy (non-hydrogen) atoms. The van der Waals surface area contributed by atoms with Gasteiger partial charge in [0.05, 0.1) is 17.9 Å². The summed E-state index contributed by atoms with van der Waals surface area (Å²) in [5.74, 6) is -0.145. The lowest BCUT2D eigenvalue weighted by atomic mass is 9.87. The average Bonchev–Trinajstić information content (AvgIpc) is 2.92. The molecule has 0 fully saturated rings. The van der Waals surface area contributed by atoms with Crippen LogP contribution >= 0.6 is 0 Å². The molecule has 2 aromatic carbocycles. The first kappa shape index (κ1) is 26.6. The Hall–Kier alpha value is -4.03. The number of carbonyl (C=O) groups is 1. The molecule has 200 valence electrons. The van der Waals surface area contributed by atoms with Crippen LogP contribution in [0.2, 0.25) is 0 Å². The quantitative estimate of drug-likeness (QED) is 0.285. The van der Waals surface area contributed by atoms with Gasteiger partial charge in [-0.3, -0.25) is 9.97 Å². The molecule has 2 aromatic heterocycles. The summed E-state index contributed by atoms with van der Waals surface area (Å²) in [5, 5.41) is 10.3. The van der Waals surface area contributed by atoms with Gasteiger partial charge in [-0.25, -0.2) is 4.79 Å². The van der Waals surface area contributed by atoms with Crippen molar-refractivity contribution in [2.75, 3.05) is 6.61 Å². The minimum atomic E-state index is -1.17. The van der Waals surface area contributed by atoms with E-state index in [-0.39, 0.29) is 0 Å². The second kappa shape index (κ2) is 10.6. The third-order valence-electron chi connectivity index (χ3n) is 7.00. The lowest BCUT2D eigenvalue weighted by molar-refractivity contribution is -0.160. The standard InChI is InChI=1S/C33H34N2O4/c1-20-28(26-12-13-27-25(19-26)7-6-18-38-27)29(31(32(36)37)39-33(3,4)5)21(2)35-30(20)24-10-8-22(9-11-24)23-14-16-34-17-15-23/h8-17,19,31H,6-7,18H2,1-5H3,(H,36,37)/t31-/m0/s1. The van der Waals surface area contributed by atoms with Crippen molar-refractivity contribution in [1.29, 1.82) is 0 Å². The Kier molecular flexibility index (Phi) is 7.23. The van der Waals surface area contributed by atoms with Crippen molar-refractivity contribution in [2.24, 2.45) is 0 Å². The van der Waals surface area contributed by atoms with Crippen LogP contribution in [-0.2, 0) is 16.0 Å². The number of carboxylic acid groups (broad SMARTS) is 1. The zero-order valence-electron chi connectivity index (χ0n) is 23.1. The van der Waals surface area contributed by atoms with Gasteiger partial charge in [-0.2, -0.15) is 0 Å². The molecule has 0 bridgehead atoms. The molecule has 1 aliphatic heterocycles. The maximum absolute atomic E-state index is 12.6. The molecule has 1 aliphatic rings. The number of aryl methyl sites for hydroxylation is 2. The van der Waals surface area contributed by atoms with Gasteiger partial charge < -0.3 is 14.6 Å². The summed E-state index contributed by atoms with van der Waals surface area (Å²) >= 11 is 0. The van der Waals surface area contributed by atoms with E-state index in [0.717, 1.165) is 63.2 Å². The summed E-state index contributed by atoms with van der Waals surface area (Å²) < 4.78 is 12.0. The number of pyridine rings is 2. The fourth-order valence-electron chi connectivity index (χ4n) is 5.25. The van der Waals surface area contributed by atoms with Crippen molar-refractivity contribution in [3.63, 3.8) is 0 Å². The summed E-state index contributed by atoms with van der Waals surface area (Å²) in [7, 11) is 0. The normalized spacial score (nSPS) is 13.9. The Morgan fingerprint density at radius 3 is 2.26 bits per heavy atom. The monoisotopic (exact) mass is 522 g/mol. The average molecular weight is 523 g/mol. The van der Waals surface area contributed by atoms with Crippen LogP contribution in [-0.4, -0.2) is 33.3 Å². The van der Waals surface area contributed by atoms with Crippen molar-refractivity contribution in [3.05, 3.63) is 89.4 Å². The lowest BCUT2D eigenvalue weighted by Gasteiger charge is -2.29. The molecule has 5 rings (SSSR count). The maximum atomic E-state index is 12.6. The summed E-state index contributed by atoms with van der Waals surface area (Å²) in [5.41, 5.74) is 8.35. The van der Waals surface area contributed by atoms with Gasteiger partial charge in [-0.1, -0.05) is 30.3 Å². The van der Waals surface area contributed by atoms with Gasteiger partial charge in [-0.15, -0.1) is 0 Å². The third kappa shape index (κ3) is 5.57. The molecule has 4 aromatic rings. The van der Waals surface area contributed by atoms with Gasteiger partial charge in [0.1, 0.15) is 5.75 Å². The number of aliphatic carboxylic acids is 1. The molecule has 3 heterocycles. The van der Waals surface area contributed by atoms with E-state index in [2.05, 4.69) is 35.3 Å². The summed E-state index contributed by atoms with van der Waals surface area (Å²) in [6, 6.07) is 18.4. The molecule has 0 radical (unpaired) electrons. The number of benzene rings is 2. The van der Waals surface area contributed by atoms with Gasteiger partial charge >= 0.3 is 5.97 Å². The number of rotatable bonds is 6. The molecule has 0 saturated carbocycles. The second-order valence-electron chi connectivity index (χ2n) is 11.0. The molecular formula is C33H34N2O4. The van der Waals surface area contributed by atoms with Crippen LogP contribution < -0.4 is 4.74 Å². The highest BCUT2D eigenvalue weighted by Gasteiger charge is 2.33. The van der Waals surface area contributed by atoms with Gasteiger partial charge in [0, 0.05) is 29.2 Å². The van der Waals surface area contributed by atoms with Crippen LogP contribution in [0.25, 0.3) is 33.5 Å². The fraction of sp³-hybridized carbons (Fsp3) is 0.303. The van der Waals surface area contributed by atoms with E-state index in [9.17, 15) is 9.90 Å². The van der Waals surface area contributed by atoms with Crippen molar-refractivity contribution < 1.29 is 19.4 Å². The molecule has 1 atom stereocenters. The number of aromatic nitrogens is 2. The molecule has 0 saturated heterocycles. The van der Waals surface area contributed by atoms with E-state index >= 15 is 0 Å². The summed E-state index contributed by atoms with van der Waals surface area (Å²) in [6.07, 6.45) is 4.28. The predicted octanol–water partition coefficient (Wildman–Crippen LogP) is 7.36. The SMILES string of the molecule is Cc1nc(-c2ccc(-c3ccncc3)cc2)c(C)c(-c2ccc3c(c2)CCCO3)c1[C@H](OC(C)(C)C)C(=O)O. The fourth-order valence-corrected chi connectivity index (χ4v) is 5.25. The minimum Gasteiger partial charge on any atom is -0.493 e. The molecule has 0 aliphatic carbocycles. The van der Waals surface area contributed by atoms with E-state index in [4.69, 9.17) is 14.5 Å². The summed E-state index contributed by atoms with van der Waals surface area (Å²) in [4.78, 5) is 21.7. The molecule has 0 unspecified atom stereocenters. The smallest absolute Gasteiger partial charge is 0.337 e. The summed E-state index contributed by atoms with van der Waals surface area (Å²) in [6.45, 7) is 10.2. The predicted molar refractivity (Wildman–Crippen MR) is 153 cm³/mol. The maximum Gasteiger partial charge on any atom is 0.337 e. The number of hydrogen-bond donors (Lipinski definition) is 1. The molecule has 6 nitrogen and oxygen atoms in total. The number of nitrogens with zero attached hydrogens (tertiary/aromatic N) is 2. The first-order valence-electron chi connectivity index (χ1n) is 13.3. The van der Waals surface area contributed by atoms with Crippen LogP contribution in [0, 0.1) is 13.8 Å². The molecular weight excluding hydrogens is 488 g/mol. The van der Waals surface area contributed by atoms with Gasteiger partial charge in [0.2, 0.25) is 0 Å². The molecule has 6 heteroatoms. The van der Waals surface area contributed by atoms with E-state index in [0.29, 0.717) is 17.9 Å². The van der Waals surface area contributed by atoms with Crippen LogP contribution in [0.1, 0.15) is 55.7 Å². The number of fused-ring (bicyclic) bond motifs is 1. The van der Waals surface area contributed by atoms with Crippen molar-refractivity contribution in [3.8, 4) is 39.3 Å². The first-order valence-corrected chi connectivity index (χ1v) is 13.3. The minimum absolute atomic E-state index is 0.587. The Bertz CT molecular complexity index is 1510. The Labute approximate surface area is 229 Å². The number of carboxylic acids is 1. The van der Waals surface area contributed by atoms with Crippen LogP contribution in [0.3, 0.4) is 0 Å². The van der Waals surface area contributed by atoms with E-state index < -0.39 is 17.7 Å². The van der Waals surface area contributed by atoms with Crippen molar-refractivity contribution in [2.45, 2.75) is 59.2 Å². The topological polar surface area (TPSA) is 81.5 Å². The van der Waals surface area contributed by atoms with E-state index in [1.807, 2.05) is 58.9 Å². The van der Waals surface area contributed by atoms with Gasteiger partial charge in [0.25, 0.3) is 0 Å². The third-order valence-corrected chi connectivity index (χ3v) is 7.00. The zero-order chi connectivity index (χ0) is 27.7.